The highest BCUT2D eigenvalue weighted by molar-refractivity contribution is 5.85. The molecule has 0 spiro atoms. The molecular formula is C18H29Cl2N3O. The summed E-state index contributed by atoms with van der Waals surface area (Å²) < 4.78 is 0. The predicted molar refractivity (Wildman–Crippen MR) is 103 cm³/mol. The van der Waals surface area contributed by atoms with Crippen molar-refractivity contribution in [2.24, 2.45) is 5.92 Å². The first kappa shape index (κ1) is 21.2. The van der Waals surface area contributed by atoms with Crippen molar-refractivity contribution < 1.29 is 4.79 Å². The zero-order valence-electron chi connectivity index (χ0n) is 14.1. The van der Waals surface area contributed by atoms with Crippen LogP contribution in [0.4, 0.5) is 0 Å². The average Bonchev–Trinajstić information content (AvgIpc) is 3.33. The first-order chi connectivity index (χ1) is 10.8. The molecule has 0 aromatic heterocycles. The van der Waals surface area contributed by atoms with Crippen LogP contribution in [-0.2, 0) is 11.3 Å². The van der Waals surface area contributed by atoms with Crippen molar-refractivity contribution in [2.75, 3.05) is 26.2 Å². The smallest absolute Gasteiger partial charge is 0.234 e. The third-order valence-electron chi connectivity index (χ3n) is 4.54. The van der Waals surface area contributed by atoms with Crippen molar-refractivity contribution in [3.63, 3.8) is 0 Å². The third kappa shape index (κ3) is 7.39. The van der Waals surface area contributed by atoms with E-state index >= 15 is 0 Å². The van der Waals surface area contributed by atoms with E-state index in [0.717, 1.165) is 44.9 Å². The van der Waals surface area contributed by atoms with Gasteiger partial charge < -0.3 is 10.6 Å². The zero-order valence-corrected chi connectivity index (χ0v) is 15.7. The lowest BCUT2D eigenvalue weighted by molar-refractivity contribution is -0.121. The average molecular weight is 374 g/mol. The Balaban J connectivity index is 0.00000144. The minimum atomic E-state index is 0. The Labute approximate surface area is 157 Å². The van der Waals surface area contributed by atoms with Crippen LogP contribution in [-0.4, -0.2) is 43.0 Å². The maximum absolute atomic E-state index is 12.0. The lowest BCUT2D eigenvalue weighted by atomic mass is 10.0. The number of halogens is 2. The highest BCUT2D eigenvalue weighted by Crippen LogP contribution is 2.27. The van der Waals surface area contributed by atoms with Crippen LogP contribution in [0, 0.1) is 5.92 Å². The van der Waals surface area contributed by atoms with E-state index in [1.54, 1.807) is 0 Å². The van der Waals surface area contributed by atoms with Crippen molar-refractivity contribution in [2.45, 2.75) is 38.3 Å². The van der Waals surface area contributed by atoms with Crippen molar-refractivity contribution in [3.05, 3.63) is 35.9 Å². The van der Waals surface area contributed by atoms with Gasteiger partial charge in [0.1, 0.15) is 0 Å². The Kier molecular flexibility index (Phi) is 9.67. The molecule has 0 radical (unpaired) electrons. The van der Waals surface area contributed by atoms with Crippen LogP contribution in [0.5, 0.6) is 0 Å². The van der Waals surface area contributed by atoms with E-state index in [0.29, 0.717) is 12.6 Å². The van der Waals surface area contributed by atoms with Gasteiger partial charge in [-0.3, -0.25) is 9.69 Å². The van der Waals surface area contributed by atoms with Gasteiger partial charge in [0, 0.05) is 19.1 Å². The minimum absolute atomic E-state index is 0. The van der Waals surface area contributed by atoms with Crippen LogP contribution >= 0.6 is 24.8 Å². The normalized spacial score (nSPS) is 20.6. The summed E-state index contributed by atoms with van der Waals surface area (Å²) in [5.74, 6) is 0.969. The van der Waals surface area contributed by atoms with E-state index in [1.807, 2.05) is 0 Å². The molecule has 1 unspecified atom stereocenters. The second-order valence-corrected chi connectivity index (χ2v) is 6.70. The summed E-state index contributed by atoms with van der Waals surface area (Å²) in [6, 6.07) is 10.9. The van der Waals surface area contributed by atoms with Crippen LogP contribution in [0.3, 0.4) is 0 Å². The molecule has 1 heterocycles. The van der Waals surface area contributed by atoms with E-state index in [1.165, 1.54) is 18.4 Å². The molecule has 1 aromatic rings. The van der Waals surface area contributed by atoms with Crippen molar-refractivity contribution in [1.82, 2.24) is 15.5 Å². The number of likely N-dealkylation sites (tertiary alicyclic amines) is 1. The number of hydrogen-bond donors (Lipinski definition) is 2. The minimum Gasteiger partial charge on any atom is -0.351 e. The summed E-state index contributed by atoms with van der Waals surface area (Å²) >= 11 is 0. The maximum atomic E-state index is 12.0. The molecule has 1 saturated heterocycles. The van der Waals surface area contributed by atoms with E-state index < -0.39 is 0 Å². The van der Waals surface area contributed by atoms with Crippen molar-refractivity contribution >= 4 is 30.7 Å². The molecule has 2 aliphatic rings. The second kappa shape index (κ2) is 10.9. The molecule has 3 rings (SSSR count). The van der Waals surface area contributed by atoms with Gasteiger partial charge in [-0.25, -0.2) is 0 Å². The summed E-state index contributed by atoms with van der Waals surface area (Å²) in [7, 11) is 0. The van der Waals surface area contributed by atoms with E-state index in [4.69, 9.17) is 0 Å². The number of nitrogens with one attached hydrogen (secondary N) is 2. The highest BCUT2D eigenvalue weighted by atomic mass is 35.5. The van der Waals surface area contributed by atoms with Gasteiger partial charge in [0.15, 0.2) is 0 Å². The van der Waals surface area contributed by atoms with Crippen LogP contribution in [0.1, 0.15) is 31.2 Å². The molecule has 1 atom stereocenters. The SMILES string of the molecule is Cl.Cl.O=C(CNCC1CC1)NC1CCCN(Cc2ccccc2)C1. The lowest BCUT2D eigenvalue weighted by Crippen LogP contribution is -2.49. The number of benzene rings is 1. The molecule has 136 valence electrons. The Morgan fingerprint density at radius 2 is 1.88 bits per heavy atom. The number of carbonyl (C=O) groups is 1. The van der Waals surface area contributed by atoms with Crippen LogP contribution in [0.15, 0.2) is 30.3 Å². The van der Waals surface area contributed by atoms with Crippen LogP contribution in [0.25, 0.3) is 0 Å². The van der Waals surface area contributed by atoms with Gasteiger partial charge in [0.2, 0.25) is 5.91 Å². The Hall–Kier alpha value is -0.810. The summed E-state index contributed by atoms with van der Waals surface area (Å²) in [6.07, 6.45) is 4.91. The van der Waals surface area contributed by atoms with Gasteiger partial charge in [0.05, 0.1) is 6.54 Å². The molecule has 6 heteroatoms. The summed E-state index contributed by atoms with van der Waals surface area (Å²) in [4.78, 5) is 14.4. The molecule has 1 aliphatic carbocycles. The van der Waals surface area contributed by atoms with Gasteiger partial charge in [0.25, 0.3) is 0 Å². The first-order valence-electron chi connectivity index (χ1n) is 8.56. The third-order valence-corrected chi connectivity index (χ3v) is 4.54. The van der Waals surface area contributed by atoms with E-state index in [2.05, 4.69) is 45.9 Å². The van der Waals surface area contributed by atoms with Crippen LogP contribution < -0.4 is 10.6 Å². The van der Waals surface area contributed by atoms with Gasteiger partial charge in [-0.15, -0.1) is 24.8 Å². The molecule has 0 bridgehead atoms. The van der Waals surface area contributed by atoms with Crippen LogP contribution in [0.2, 0.25) is 0 Å². The number of hydrogen-bond acceptors (Lipinski definition) is 3. The molecule has 1 aliphatic heterocycles. The molecule has 1 saturated carbocycles. The Morgan fingerprint density at radius 3 is 2.58 bits per heavy atom. The maximum Gasteiger partial charge on any atom is 0.234 e. The fourth-order valence-electron chi connectivity index (χ4n) is 3.15. The predicted octanol–water partition coefficient (Wildman–Crippen LogP) is 2.61. The van der Waals surface area contributed by atoms with Gasteiger partial charge in [-0.1, -0.05) is 30.3 Å². The molecule has 24 heavy (non-hydrogen) atoms. The van der Waals surface area contributed by atoms with Gasteiger partial charge in [-0.2, -0.15) is 0 Å². The van der Waals surface area contributed by atoms with Gasteiger partial charge in [-0.05, 0) is 50.3 Å². The summed E-state index contributed by atoms with van der Waals surface area (Å²) in [5, 5.41) is 6.45. The standard InChI is InChI=1S/C18H27N3O.2ClH/c22-18(12-19-11-15-8-9-15)20-17-7-4-10-21(14-17)13-16-5-2-1-3-6-16;;/h1-3,5-6,15,17,19H,4,7-14H2,(H,20,22);2*1H. The quantitative estimate of drug-likeness (QED) is 0.771. The number of amides is 1. The fraction of sp³-hybridized carbons (Fsp3) is 0.611. The molecule has 2 N–H and O–H groups in total. The number of carbonyl (C=O) groups excluding carboxylic acids is 1. The van der Waals surface area contributed by atoms with Crippen molar-refractivity contribution in [3.8, 4) is 0 Å². The number of nitrogens with zero attached hydrogens (tertiary/aromatic N) is 1. The van der Waals surface area contributed by atoms with Crippen molar-refractivity contribution in [1.29, 1.82) is 0 Å². The molecule has 1 amide bonds. The van der Waals surface area contributed by atoms with Gasteiger partial charge >= 0.3 is 0 Å². The molecule has 4 nitrogen and oxygen atoms in total. The summed E-state index contributed by atoms with van der Waals surface area (Å²) in [6.45, 7) is 4.53. The molecule has 2 fully saturated rings. The lowest BCUT2D eigenvalue weighted by Gasteiger charge is -2.33. The highest BCUT2D eigenvalue weighted by Gasteiger charge is 2.23. The second-order valence-electron chi connectivity index (χ2n) is 6.70. The molecular weight excluding hydrogens is 345 g/mol. The number of piperidine rings is 1. The Bertz CT molecular complexity index is 482. The van der Waals surface area contributed by atoms with E-state index in [9.17, 15) is 4.79 Å². The fourth-order valence-corrected chi connectivity index (χ4v) is 3.15. The zero-order chi connectivity index (χ0) is 15.2. The summed E-state index contributed by atoms with van der Waals surface area (Å²) in [5.41, 5.74) is 1.35. The largest absolute Gasteiger partial charge is 0.351 e. The monoisotopic (exact) mass is 373 g/mol. The number of rotatable bonds is 7. The topological polar surface area (TPSA) is 44.4 Å². The van der Waals surface area contributed by atoms with E-state index in [-0.39, 0.29) is 30.7 Å². The molecule has 1 aromatic carbocycles. The first-order valence-corrected chi connectivity index (χ1v) is 8.56. The Morgan fingerprint density at radius 1 is 1.12 bits per heavy atom.